The van der Waals surface area contributed by atoms with E-state index in [-0.39, 0.29) is 53.3 Å². The molecule has 0 aromatic carbocycles. The topological polar surface area (TPSA) is 113 Å². The number of aliphatic hydroxyl groups excluding tert-OH is 2. The highest BCUT2D eigenvalue weighted by Crippen LogP contribution is 2.66. The van der Waals surface area contributed by atoms with Crippen molar-refractivity contribution in [3.8, 4) is 0 Å². The molecule has 0 bridgehead atoms. The van der Waals surface area contributed by atoms with E-state index in [1.807, 2.05) is 4.90 Å². The van der Waals surface area contributed by atoms with Gasteiger partial charge in [-0.3, -0.25) is 19.3 Å². The molecule has 0 spiro atoms. The van der Waals surface area contributed by atoms with Gasteiger partial charge < -0.3 is 25.3 Å². The van der Waals surface area contributed by atoms with E-state index in [1.54, 1.807) is 4.90 Å². The van der Waals surface area contributed by atoms with E-state index in [2.05, 4.69) is 31.0 Å². The highest BCUT2D eigenvalue weighted by Gasteiger charge is 2.61. The number of carbonyl (C=O) groups is 3. The summed E-state index contributed by atoms with van der Waals surface area (Å²) in [5.74, 6) is 2.33. The second-order valence-electron chi connectivity index (χ2n) is 16.2. The van der Waals surface area contributed by atoms with Gasteiger partial charge in [0.05, 0.1) is 18.8 Å². The van der Waals surface area contributed by atoms with Crippen molar-refractivity contribution in [2.75, 3.05) is 39.3 Å². The Balaban J connectivity index is 1.00. The van der Waals surface area contributed by atoms with Gasteiger partial charge in [-0.05, 0) is 105 Å². The van der Waals surface area contributed by atoms with Crippen LogP contribution in [0.2, 0.25) is 0 Å². The largest absolute Gasteiger partial charge is 0.393 e. The quantitative estimate of drug-likeness (QED) is 0.355. The van der Waals surface area contributed by atoms with E-state index in [0.717, 1.165) is 70.9 Å². The van der Waals surface area contributed by atoms with Crippen LogP contribution in [0.4, 0.5) is 0 Å². The molecule has 0 radical (unpaired) electrons. The molecule has 2 saturated heterocycles. The molecule has 254 valence electrons. The molecule has 3 amide bonds. The molecule has 9 heteroatoms. The third-order valence-corrected chi connectivity index (χ3v) is 14.1. The second kappa shape index (κ2) is 13.4. The number of nitrogens with zero attached hydrogens (tertiary/aromatic N) is 3. The summed E-state index contributed by atoms with van der Waals surface area (Å²) in [7, 11) is 0. The van der Waals surface area contributed by atoms with Crippen LogP contribution in [0.5, 0.6) is 0 Å². The summed E-state index contributed by atoms with van der Waals surface area (Å²) in [6, 6.07) is -0.342. The first-order valence-electron chi connectivity index (χ1n) is 18.5. The summed E-state index contributed by atoms with van der Waals surface area (Å²) < 4.78 is 0. The van der Waals surface area contributed by atoms with Gasteiger partial charge in [-0.15, -0.1) is 0 Å². The first-order chi connectivity index (χ1) is 21.6. The van der Waals surface area contributed by atoms with E-state index in [0.29, 0.717) is 56.1 Å². The summed E-state index contributed by atoms with van der Waals surface area (Å²) in [5, 5.41) is 25.1. The number of amides is 3. The minimum absolute atomic E-state index is 0.0309. The molecule has 10 atom stereocenters. The second-order valence-corrected chi connectivity index (χ2v) is 16.2. The molecule has 0 aromatic heterocycles. The fourth-order valence-electron chi connectivity index (χ4n) is 11.3. The standard InChI is InChI=1S/C36H60N4O5/c1-4-5-6-9-32(43)40-16-7-8-28(40)34(45)37-23-33(44)39-19-17-38(18-20-39)29-22-36(3)24(21-30(29)41)10-11-25-26-12-13-31(42)35(26,2)15-14-27(25)36/h24-31,41-42H,4-23H2,1-3H3,(H,37,45)/t24-,25-,26-,27-,28-,29-,30-,31-,35-,36-/m0/s1. The summed E-state index contributed by atoms with van der Waals surface area (Å²) in [4.78, 5) is 44.8. The molecule has 4 saturated carbocycles. The molecule has 3 N–H and O–H groups in total. The Morgan fingerprint density at radius 1 is 0.844 bits per heavy atom. The van der Waals surface area contributed by atoms with Gasteiger partial charge in [-0.2, -0.15) is 0 Å². The molecule has 2 aliphatic heterocycles. The third-order valence-electron chi connectivity index (χ3n) is 14.1. The number of nitrogens with one attached hydrogen (secondary N) is 1. The number of unbranched alkanes of at least 4 members (excludes halogenated alkanes) is 2. The summed E-state index contributed by atoms with van der Waals surface area (Å²) in [6.45, 7) is 10.3. The van der Waals surface area contributed by atoms with Crippen molar-refractivity contribution in [1.29, 1.82) is 0 Å². The van der Waals surface area contributed by atoms with Crippen molar-refractivity contribution >= 4 is 17.7 Å². The molecule has 6 rings (SSSR count). The van der Waals surface area contributed by atoms with Gasteiger partial charge in [0.1, 0.15) is 6.04 Å². The molecule has 9 nitrogen and oxygen atoms in total. The van der Waals surface area contributed by atoms with Crippen LogP contribution in [-0.2, 0) is 14.4 Å². The Morgan fingerprint density at radius 2 is 1.60 bits per heavy atom. The third kappa shape index (κ3) is 6.19. The maximum Gasteiger partial charge on any atom is 0.243 e. The molecular formula is C36H60N4O5. The van der Waals surface area contributed by atoms with Crippen molar-refractivity contribution in [1.82, 2.24) is 20.0 Å². The van der Waals surface area contributed by atoms with E-state index in [1.165, 1.54) is 19.3 Å². The average Bonchev–Trinajstić information content (AvgIpc) is 3.65. The molecule has 6 fully saturated rings. The molecule has 2 heterocycles. The van der Waals surface area contributed by atoms with Gasteiger partial charge in [0.2, 0.25) is 17.7 Å². The van der Waals surface area contributed by atoms with Crippen LogP contribution in [0, 0.1) is 34.5 Å². The predicted octanol–water partition coefficient (Wildman–Crippen LogP) is 3.56. The molecule has 6 aliphatic rings. The van der Waals surface area contributed by atoms with Crippen LogP contribution < -0.4 is 5.32 Å². The van der Waals surface area contributed by atoms with Crippen molar-refractivity contribution in [3.05, 3.63) is 0 Å². The monoisotopic (exact) mass is 628 g/mol. The Kier molecular flexibility index (Phi) is 9.90. The minimum atomic E-state index is -0.460. The molecule has 0 unspecified atom stereocenters. The van der Waals surface area contributed by atoms with Crippen molar-refractivity contribution in [3.63, 3.8) is 0 Å². The highest BCUT2D eigenvalue weighted by atomic mass is 16.3. The molecule has 4 aliphatic carbocycles. The SMILES string of the molecule is CCCCCC(=O)N1CCC[C@H]1C(=O)NCC(=O)N1CCN([C@H]2C[C@@]3(C)[C@@H](CC[C@@H]4[C@@H]3CC[C@]3(C)[C@@H](O)CC[C@@H]43)C[C@@H]2O)CC1. The number of piperazine rings is 1. The van der Waals surface area contributed by atoms with Crippen LogP contribution in [0.1, 0.15) is 111 Å². The van der Waals surface area contributed by atoms with Crippen molar-refractivity contribution in [2.45, 2.75) is 135 Å². The summed E-state index contributed by atoms with van der Waals surface area (Å²) in [5.41, 5.74) is 0.298. The van der Waals surface area contributed by atoms with Gasteiger partial charge in [0.25, 0.3) is 0 Å². The first-order valence-corrected chi connectivity index (χ1v) is 18.5. The normalized spacial score (nSPS) is 41.7. The van der Waals surface area contributed by atoms with E-state index >= 15 is 0 Å². The first kappa shape index (κ1) is 33.2. The van der Waals surface area contributed by atoms with Crippen LogP contribution in [-0.4, -0.2) is 106 Å². The fourth-order valence-corrected chi connectivity index (χ4v) is 11.3. The number of fused-ring (bicyclic) bond motifs is 5. The minimum Gasteiger partial charge on any atom is -0.393 e. The van der Waals surface area contributed by atoms with Crippen molar-refractivity contribution < 1.29 is 24.6 Å². The Hall–Kier alpha value is -1.71. The zero-order valence-electron chi connectivity index (χ0n) is 28.2. The average molecular weight is 629 g/mol. The Bertz CT molecular complexity index is 1100. The zero-order chi connectivity index (χ0) is 31.9. The van der Waals surface area contributed by atoms with Crippen molar-refractivity contribution in [2.24, 2.45) is 34.5 Å². The van der Waals surface area contributed by atoms with Gasteiger partial charge in [0.15, 0.2) is 0 Å². The summed E-state index contributed by atoms with van der Waals surface area (Å²) in [6.07, 6.45) is 13.2. The number of likely N-dealkylation sites (tertiary alicyclic amines) is 1. The smallest absolute Gasteiger partial charge is 0.243 e. The lowest BCUT2D eigenvalue weighted by Crippen LogP contribution is -2.62. The lowest BCUT2D eigenvalue weighted by Gasteiger charge is -2.62. The molecule has 0 aromatic rings. The van der Waals surface area contributed by atoms with Gasteiger partial charge in [-0.25, -0.2) is 0 Å². The van der Waals surface area contributed by atoms with E-state index in [9.17, 15) is 24.6 Å². The van der Waals surface area contributed by atoms with Crippen LogP contribution >= 0.6 is 0 Å². The van der Waals surface area contributed by atoms with Gasteiger partial charge in [-0.1, -0.05) is 33.6 Å². The van der Waals surface area contributed by atoms with Gasteiger partial charge in [0, 0.05) is 45.2 Å². The maximum atomic E-state index is 13.1. The highest BCUT2D eigenvalue weighted by molar-refractivity contribution is 5.91. The zero-order valence-corrected chi connectivity index (χ0v) is 28.2. The number of carbonyl (C=O) groups excluding carboxylic acids is 3. The van der Waals surface area contributed by atoms with Gasteiger partial charge >= 0.3 is 0 Å². The molecular weight excluding hydrogens is 568 g/mol. The number of hydrogen-bond acceptors (Lipinski definition) is 6. The number of rotatable bonds is 8. The Morgan fingerprint density at radius 3 is 2.36 bits per heavy atom. The fraction of sp³-hybridized carbons (Fsp3) is 0.917. The van der Waals surface area contributed by atoms with Crippen LogP contribution in [0.15, 0.2) is 0 Å². The van der Waals surface area contributed by atoms with E-state index in [4.69, 9.17) is 0 Å². The lowest BCUT2D eigenvalue weighted by molar-refractivity contribution is -0.156. The number of hydrogen-bond donors (Lipinski definition) is 3. The lowest BCUT2D eigenvalue weighted by atomic mass is 9.44. The summed E-state index contributed by atoms with van der Waals surface area (Å²) >= 11 is 0. The Labute approximate surface area is 270 Å². The van der Waals surface area contributed by atoms with Crippen LogP contribution in [0.25, 0.3) is 0 Å². The predicted molar refractivity (Wildman–Crippen MR) is 173 cm³/mol. The molecule has 45 heavy (non-hydrogen) atoms. The maximum absolute atomic E-state index is 13.1. The number of aliphatic hydroxyl groups is 2. The van der Waals surface area contributed by atoms with E-state index < -0.39 is 6.04 Å². The van der Waals surface area contributed by atoms with Crippen LogP contribution in [0.3, 0.4) is 0 Å².